The van der Waals surface area contributed by atoms with Crippen molar-refractivity contribution in [3.05, 3.63) is 12.4 Å². The average Bonchev–Trinajstić information content (AvgIpc) is 2.34. The van der Waals surface area contributed by atoms with Crippen LogP contribution in [0.3, 0.4) is 0 Å². The molecule has 2 atom stereocenters. The zero-order valence-electron chi connectivity index (χ0n) is 5.74. The van der Waals surface area contributed by atoms with E-state index in [1.165, 1.54) is 0 Å². The summed E-state index contributed by atoms with van der Waals surface area (Å²) in [6.45, 7) is 0. The molecule has 6 heteroatoms. The monoisotopic (exact) mass is 155 g/mol. The second-order valence-corrected chi connectivity index (χ2v) is 2.41. The van der Waals surface area contributed by atoms with Crippen molar-refractivity contribution in [1.29, 1.82) is 0 Å². The minimum atomic E-state index is -0.497. The summed E-state index contributed by atoms with van der Waals surface area (Å²) in [5.74, 6) is -0.124. The maximum absolute atomic E-state index is 11.1. The molecule has 0 aromatic carbocycles. The van der Waals surface area contributed by atoms with E-state index < -0.39 is 6.29 Å². The molecule has 2 unspecified atom stereocenters. The average molecular weight is 155 g/mol. The van der Waals surface area contributed by atoms with E-state index in [1.54, 1.807) is 17.4 Å². The van der Waals surface area contributed by atoms with E-state index in [4.69, 9.17) is 5.73 Å². The molecule has 0 aliphatic carbocycles. The highest BCUT2D eigenvalue weighted by molar-refractivity contribution is 5.82. The third-order valence-electron chi connectivity index (χ3n) is 1.60. The van der Waals surface area contributed by atoms with Gasteiger partial charge in [0, 0.05) is 12.4 Å². The Hall–Kier alpha value is -1.27. The molecule has 0 aromatic rings. The Balaban J connectivity index is 2.14. The number of amides is 1. The lowest BCUT2D eigenvalue weighted by molar-refractivity contribution is -0.132. The first-order valence-corrected chi connectivity index (χ1v) is 3.30. The van der Waals surface area contributed by atoms with Gasteiger partial charge in [0.25, 0.3) is 5.91 Å². The Bertz CT molecular complexity index is 215. The molecule has 1 amide bonds. The van der Waals surface area contributed by atoms with Gasteiger partial charge >= 0.3 is 0 Å². The van der Waals surface area contributed by atoms with Crippen molar-refractivity contribution < 1.29 is 4.79 Å². The number of rotatable bonds is 0. The number of hydrogen-bond donors (Lipinski definition) is 4. The second kappa shape index (κ2) is 2.11. The van der Waals surface area contributed by atoms with Crippen molar-refractivity contribution in [3.8, 4) is 0 Å². The zero-order chi connectivity index (χ0) is 7.84. The molecule has 1 fully saturated rings. The molecule has 2 aliphatic heterocycles. The summed E-state index contributed by atoms with van der Waals surface area (Å²) in [6, 6.07) is 0. The number of carbonyl (C=O) groups excluding carboxylic acids is 1. The highest BCUT2D eigenvalue weighted by Gasteiger charge is 2.32. The highest BCUT2D eigenvalue weighted by atomic mass is 16.2. The topological polar surface area (TPSA) is 82.4 Å². The van der Waals surface area contributed by atoms with E-state index in [9.17, 15) is 4.79 Å². The molecule has 11 heavy (non-hydrogen) atoms. The van der Waals surface area contributed by atoms with Gasteiger partial charge in [-0.3, -0.25) is 15.5 Å². The smallest absolute Gasteiger partial charge is 0.267 e. The van der Waals surface area contributed by atoms with Gasteiger partial charge in [0.05, 0.1) is 0 Å². The SMILES string of the molecule is NC1NC(=O)C2NC=CN2N1. The van der Waals surface area contributed by atoms with Gasteiger partial charge in [-0.25, -0.2) is 0 Å². The number of fused-ring (bicyclic) bond motifs is 1. The Morgan fingerprint density at radius 3 is 3.27 bits per heavy atom. The van der Waals surface area contributed by atoms with Crippen LogP contribution in [0.4, 0.5) is 0 Å². The van der Waals surface area contributed by atoms with Gasteiger partial charge in [-0.05, 0) is 0 Å². The van der Waals surface area contributed by atoms with Crippen LogP contribution in [0.5, 0.6) is 0 Å². The molecule has 0 radical (unpaired) electrons. The van der Waals surface area contributed by atoms with Gasteiger partial charge in [0.15, 0.2) is 6.17 Å². The van der Waals surface area contributed by atoms with E-state index in [0.717, 1.165) is 0 Å². The van der Waals surface area contributed by atoms with Gasteiger partial charge in [0.2, 0.25) is 0 Å². The zero-order valence-corrected chi connectivity index (χ0v) is 5.74. The summed E-state index contributed by atoms with van der Waals surface area (Å²) in [4.78, 5) is 11.1. The molecule has 0 bridgehead atoms. The molecule has 5 N–H and O–H groups in total. The van der Waals surface area contributed by atoms with Crippen LogP contribution < -0.4 is 21.8 Å². The maximum Gasteiger partial charge on any atom is 0.267 e. The molecule has 2 aliphatic rings. The molecular weight excluding hydrogens is 146 g/mol. The quantitative estimate of drug-likeness (QED) is 0.312. The minimum Gasteiger partial charge on any atom is -0.361 e. The molecule has 6 nitrogen and oxygen atoms in total. The number of hydrogen-bond acceptors (Lipinski definition) is 5. The summed E-state index contributed by atoms with van der Waals surface area (Å²) in [5, 5.41) is 7.01. The lowest BCUT2D eigenvalue weighted by atomic mass is 10.4. The van der Waals surface area contributed by atoms with Crippen LogP contribution in [0.25, 0.3) is 0 Å². The largest absolute Gasteiger partial charge is 0.361 e. The molecule has 1 saturated heterocycles. The Kier molecular flexibility index (Phi) is 1.23. The number of nitrogens with zero attached hydrogens (tertiary/aromatic N) is 1. The summed E-state index contributed by atoms with van der Waals surface area (Å²) in [6.07, 6.45) is 2.57. The molecular formula is C5H9N5O. The van der Waals surface area contributed by atoms with Crippen LogP contribution in [-0.2, 0) is 4.79 Å². The third kappa shape index (κ3) is 0.920. The standard InChI is InChI=1S/C5H9N5O/c6-5-8-4(11)3-7-1-2-10(3)9-5/h1-3,5,7,9H,6H2,(H,8,11). The fraction of sp³-hybridized carbons (Fsp3) is 0.400. The van der Waals surface area contributed by atoms with Gasteiger partial charge in [-0.1, -0.05) is 0 Å². The normalized spacial score (nSPS) is 34.6. The summed E-state index contributed by atoms with van der Waals surface area (Å²) in [5.41, 5.74) is 8.27. The highest BCUT2D eigenvalue weighted by Crippen LogP contribution is 2.04. The Morgan fingerprint density at radius 2 is 2.45 bits per heavy atom. The van der Waals surface area contributed by atoms with Gasteiger partial charge in [0.1, 0.15) is 6.29 Å². The van der Waals surface area contributed by atoms with E-state index in [0.29, 0.717) is 0 Å². The van der Waals surface area contributed by atoms with Crippen molar-refractivity contribution in [2.45, 2.75) is 12.5 Å². The lowest BCUT2D eigenvalue weighted by Gasteiger charge is -2.34. The Labute approximate surface area is 63.4 Å². The molecule has 2 rings (SSSR count). The van der Waals surface area contributed by atoms with Gasteiger partial charge in [-0.15, -0.1) is 0 Å². The summed E-state index contributed by atoms with van der Waals surface area (Å²) < 4.78 is 0. The van der Waals surface area contributed by atoms with Crippen molar-refractivity contribution in [2.75, 3.05) is 0 Å². The predicted octanol–water partition coefficient (Wildman–Crippen LogP) is -2.43. The molecule has 0 aromatic heterocycles. The van der Waals surface area contributed by atoms with Crippen LogP contribution in [0.15, 0.2) is 12.4 Å². The van der Waals surface area contributed by atoms with Crippen molar-refractivity contribution in [2.24, 2.45) is 5.73 Å². The van der Waals surface area contributed by atoms with E-state index in [-0.39, 0.29) is 12.1 Å². The number of hydrazine groups is 1. The maximum atomic E-state index is 11.1. The van der Waals surface area contributed by atoms with Crippen molar-refractivity contribution >= 4 is 5.91 Å². The fourth-order valence-electron chi connectivity index (χ4n) is 1.13. The third-order valence-corrected chi connectivity index (χ3v) is 1.60. The number of nitrogens with two attached hydrogens (primary N) is 1. The molecule has 0 saturated carbocycles. The second-order valence-electron chi connectivity index (χ2n) is 2.41. The van der Waals surface area contributed by atoms with Crippen LogP contribution in [0.2, 0.25) is 0 Å². The first-order chi connectivity index (χ1) is 5.27. The Morgan fingerprint density at radius 1 is 1.64 bits per heavy atom. The van der Waals surface area contributed by atoms with Gasteiger partial charge < -0.3 is 10.6 Å². The van der Waals surface area contributed by atoms with Crippen LogP contribution in [0.1, 0.15) is 0 Å². The first kappa shape index (κ1) is 6.44. The lowest BCUT2D eigenvalue weighted by Crippen LogP contribution is -2.69. The van der Waals surface area contributed by atoms with Crippen LogP contribution in [-0.4, -0.2) is 23.4 Å². The first-order valence-electron chi connectivity index (χ1n) is 3.30. The minimum absolute atomic E-state index is 0.124. The van der Waals surface area contributed by atoms with E-state index in [2.05, 4.69) is 16.1 Å². The van der Waals surface area contributed by atoms with Gasteiger partial charge in [-0.2, -0.15) is 5.43 Å². The van der Waals surface area contributed by atoms with Crippen LogP contribution in [0, 0.1) is 0 Å². The molecule has 2 heterocycles. The molecule has 0 spiro atoms. The predicted molar refractivity (Wildman–Crippen MR) is 37.2 cm³/mol. The van der Waals surface area contributed by atoms with E-state index in [1.807, 2.05) is 0 Å². The van der Waals surface area contributed by atoms with Crippen molar-refractivity contribution in [3.63, 3.8) is 0 Å². The van der Waals surface area contributed by atoms with Crippen LogP contribution >= 0.6 is 0 Å². The number of nitrogens with one attached hydrogen (secondary N) is 3. The van der Waals surface area contributed by atoms with Crippen molar-refractivity contribution in [1.82, 2.24) is 21.1 Å². The fourth-order valence-corrected chi connectivity index (χ4v) is 1.13. The summed E-state index contributed by atoms with van der Waals surface area (Å²) in [7, 11) is 0. The summed E-state index contributed by atoms with van der Waals surface area (Å²) >= 11 is 0. The number of carbonyl (C=O) groups is 1. The van der Waals surface area contributed by atoms with E-state index >= 15 is 0 Å². The molecule has 60 valence electrons.